The monoisotopic (exact) mass is 526 g/mol. The number of rotatable bonds is 3. The lowest BCUT2D eigenvalue weighted by atomic mass is 10.0. The van der Waals surface area contributed by atoms with Crippen molar-refractivity contribution in [2.75, 3.05) is 13.1 Å². The molecule has 0 N–H and O–H groups in total. The number of likely N-dealkylation sites (tertiary alicyclic amines) is 1. The number of amides is 3. The zero-order chi connectivity index (χ0) is 25.1. The smallest absolute Gasteiger partial charge is 0.420 e. The maximum atomic E-state index is 13.8. The number of imidazole rings is 1. The third-order valence-electron chi connectivity index (χ3n) is 6.20. The number of ether oxygens (including phenoxy) is 1. The first-order chi connectivity index (χ1) is 16.6. The SMILES string of the molecule is C.C[C@H]1OC(=O)N(C2CCN(C(=O)c3nc4c(C(F)(F)F)cc(-c5ccoc5)cn4c3Cl)CC2)C1=O. The van der Waals surface area contributed by atoms with Crippen molar-refractivity contribution in [1.29, 1.82) is 0 Å². The molecule has 0 aromatic carbocycles. The molecule has 0 saturated carbocycles. The highest BCUT2D eigenvalue weighted by atomic mass is 35.5. The van der Waals surface area contributed by atoms with Gasteiger partial charge in [0.1, 0.15) is 5.15 Å². The molecule has 2 aliphatic rings. The van der Waals surface area contributed by atoms with Gasteiger partial charge in [-0.2, -0.15) is 13.2 Å². The van der Waals surface area contributed by atoms with Gasteiger partial charge in [0, 0.05) is 36.5 Å². The summed E-state index contributed by atoms with van der Waals surface area (Å²) in [6, 6.07) is 2.00. The fraction of sp³-hybridized carbons (Fsp3) is 0.391. The summed E-state index contributed by atoms with van der Waals surface area (Å²) in [5, 5.41) is -0.255. The van der Waals surface area contributed by atoms with E-state index in [9.17, 15) is 27.6 Å². The number of cyclic esters (lactones) is 1. The van der Waals surface area contributed by atoms with Gasteiger partial charge in [-0.1, -0.05) is 19.0 Å². The average Bonchev–Trinajstić information content (AvgIpc) is 3.52. The van der Waals surface area contributed by atoms with E-state index in [0.717, 1.165) is 15.4 Å². The van der Waals surface area contributed by atoms with Gasteiger partial charge in [0.15, 0.2) is 17.4 Å². The third kappa shape index (κ3) is 4.19. The Morgan fingerprint density at radius 1 is 1.19 bits per heavy atom. The molecule has 0 unspecified atom stereocenters. The van der Waals surface area contributed by atoms with E-state index in [0.29, 0.717) is 18.4 Å². The molecule has 9 nitrogen and oxygen atoms in total. The summed E-state index contributed by atoms with van der Waals surface area (Å²) in [5.74, 6) is -1.07. The van der Waals surface area contributed by atoms with Crippen LogP contribution in [0.5, 0.6) is 0 Å². The zero-order valence-electron chi connectivity index (χ0n) is 18.2. The van der Waals surface area contributed by atoms with E-state index in [-0.39, 0.29) is 36.9 Å². The lowest BCUT2D eigenvalue weighted by Gasteiger charge is -2.34. The lowest BCUT2D eigenvalue weighted by molar-refractivity contribution is -0.136. The van der Waals surface area contributed by atoms with Crippen LogP contribution in [0.3, 0.4) is 0 Å². The quantitative estimate of drug-likeness (QED) is 0.483. The Labute approximate surface area is 208 Å². The number of alkyl halides is 3. The standard InChI is InChI=1S/C22H18ClF3N4O5.CH4/c1-11-19(31)30(21(33)35-11)14-2-5-28(6-3-14)20(32)16-17(23)29-9-13(12-4-7-34-10-12)8-15(18(29)27-16)22(24,25)26;/h4,7-11,14H,2-3,5-6H2,1H3;1H4/t11-;/m1./s1. The molecule has 192 valence electrons. The predicted octanol–water partition coefficient (Wildman–Crippen LogP) is 4.87. The Morgan fingerprint density at radius 3 is 2.44 bits per heavy atom. The van der Waals surface area contributed by atoms with Crippen LogP contribution in [0.1, 0.15) is 43.2 Å². The van der Waals surface area contributed by atoms with Crippen LogP contribution in [-0.2, 0) is 15.7 Å². The van der Waals surface area contributed by atoms with E-state index >= 15 is 0 Å². The first-order valence-electron chi connectivity index (χ1n) is 10.7. The highest BCUT2D eigenvalue weighted by molar-refractivity contribution is 6.33. The van der Waals surface area contributed by atoms with Crippen LogP contribution in [0.25, 0.3) is 16.8 Å². The van der Waals surface area contributed by atoms with Crippen molar-refractivity contribution >= 4 is 35.2 Å². The molecule has 3 aromatic rings. The fourth-order valence-electron chi connectivity index (χ4n) is 4.40. The summed E-state index contributed by atoms with van der Waals surface area (Å²) in [5.41, 5.74) is -1.26. The predicted molar refractivity (Wildman–Crippen MR) is 121 cm³/mol. The molecule has 0 aliphatic carbocycles. The molecule has 5 rings (SSSR count). The minimum absolute atomic E-state index is 0. The molecule has 0 radical (unpaired) electrons. The van der Waals surface area contributed by atoms with E-state index in [1.54, 1.807) is 0 Å². The molecule has 1 atom stereocenters. The molecule has 2 fully saturated rings. The normalized spacial score (nSPS) is 19.1. The van der Waals surface area contributed by atoms with Gasteiger partial charge in [-0.05, 0) is 31.9 Å². The summed E-state index contributed by atoms with van der Waals surface area (Å²) < 4.78 is 52.4. The maximum absolute atomic E-state index is 13.8. The molecule has 3 aromatic heterocycles. The first kappa shape index (κ1) is 25.5. The Bertz CT molecular complexity index is 1330. The zero-order valence-corrected chi connectivity index (χ0v) is 19.0. The number of halogens is 4. The molecule has 5 heterocycles. The molecule has 3 amide bonds. The number of furan rings is 1. The van der Waals surface area contributed by atoms with Crippen LogP contribution in [0.15, 0.2) is 35.3 Å². The molecule has 2 aliphatic heterocycles. The number of carbonyl (C=O) groups excluding carboxylic acids is 3. The number of nitrogens with zero attached hydrogens (tertiary/aromatic N) is 4. The molecular weight excluding hydrogens is 505 g/mol. The minimum Gasteiger partial charge on any atom is -0.472 e. The summed E-state index contributed by atoms with van der Waals surface area (Å²) in [6.45, 7) is 1.80. The van der Waals surface area contributed by atoms with Gasteiger partial charge < -0.3 is 14.1 Å². The highest BCUT2D eigenvalue weighted by Gasteiger charge is 2.43. The van der Waals surface area contributed by atoms with E-state index in [1.807, 2.05) is 0 Å². The van der Waals surface area contributed by atoms with Crippen LogP contribution >= 0.6 is 11.6 Å². The molecule has 36 heavy (non-hydrogen) atoms. The largest absolute Gasteiger partial charge is 0.472 e. The van der Waals surface area contributed by atoms with E-state index < -0.39 is 47.4 Å². The van der Waals surface area contributed by atoms with Crippen molar-refractivity contribution in [1.82, 2.24) is 19.2 Å². The minimum atomic E-state index is -4.75. The van der Waals surface area contributed by atoms with Gasteiger partial charge in [0.2, 0.25) is 0 Å². The number of fused-ring (bicyclic) bond motifs is 1. The van der Waals surface area contributed by atoms with Gasteiger partial charge in [0.25, 0.3) is 11.8 Å². The van der Waals surface area contributed by atoms with Crippen molar-refractivity contribution < 1.29 is 36.7 Å². The number of hydrogen-bond acceptors (Lipinski definition) is 6. The van der Waals surface area contributed by atoms with Crippen LogP contribution in [0.4, 0.5) is 18.0 Å². The third-order valence-corrected chi connectivity index (χ3v) is 6.56. The van der Waals surface area contributed by atoms with Crippen LogP contribution in [0, 0.1) is 0 Å². The van der Waals surface area contributed by atoms with Crippen LogP contribution < -0.4 is 0 Å². The maximum Gasteiger partial charge on any atom is 0.420 e. The number of hydrogen-bond donors (Lipinski definition) is 0. The lowest BCUT2D eigenvalue weighted by Crippen LogP contribution is -2.49. The second kappa shape index (κ2) is 9.16. The van der Waals surface area contributed by atoms with Gasteiger partial charge >= 0.3 is 12.3 Å². The molecule has 0 spiro atoms. The van der Waals surface area contributed by atoms with Crippen LogP contribution in [-0.4, -0.2) is 62.3 Å². The van der Waals surface area contributed by atoms with Crippen molar-refractivity contribution in [3.05, 3.63) is 47.3 Å². The number of piperidine rings is 1. The van der Waals surface area contributed by atoms with Crippen molar-refractivity contribution in [3.8, 4) is 11.1 Å². The molecule has 13 heteroatoms. The highest BCUT2D eigenvalue weighted by Crippen LogP contribution is 2.37. The van der Waals surface area contributed by atoms with Gasteiger partial charge in [-0.25, -0.2) is 14.7 Å². The molecule has 2 saturated heterocycles. The average molecular weight is 527 g/mol. The summed E-state index contributed by atoms with van der Waals surface area (Å²) in [7, 11) is 0. The Hall–Kier alpha value is -3.54. The number of pyridine rings is 1. The number of carbonyl (C=O) groups is 3. The van der Waals surface area contributed by atoms with Crippen molar-refractivity contribution in [3.63, 3.8) is 0 Å². The van der Waals surface area contributed by atoms with Gasteiger partial charge in [-0.3, -0.25) is 14.0 Å². The fourth-order valence-corrected chi connectivity index (χ4v) is 4.65. The Kier molecular flexibility index (Phi) is 6.50. The second-order valence-electron chi connectivity index (χ2n) is 8.35. The summed E-state index contributed by atoms with van der Waals surface area (Å²) in [6.07, 6.45) is -1.74. The molecule has 0 bridgehead atoms. The summed E-state index contributed by atoms with van der Waals surface area (Å²) in [4.78, 5) is 43.8. The van der Waals surface area contributed by atoms with E-state index in [1.165, 1.54) is 36.6 Å². The molecular formula is C23H22ClF3N4O5. The summed E-state index contributed by atoms with van der Waals surface area (Å²) >= 11 is 6.36. The number of imide groups is 1. The van der Waals surface area contributed by atoms with Crippen molar-refractivity contribution in [2.24, 2.45) is 0 Å². The Morgan fingerprint density at radius 2 is 1.89 bits per heavy atom. The van der Waals surface area contributed by atoms with Crippen molar-refractivity contribution in [2.45, 2.75) is 45.5 Å². The first-order valence-corrected chi connectivity index (χ1v) is 11.1. The Balaban J connectivity index is 0.00000304. The van der Waals surface area contributed by atoms with E-state index in [2.05, 4.69) is 4.98 Å². The van der Waals surface area contributed by atoms with Gasteiger partial charge in [-0.15, -0.1) is 0 Å². The topological polar surface area (TPSA) is 97.4 Å². The van der Waals surface area contributed by atoms with Gasteiger partial charge in [0.05, 0.1) is 18.1 Å². The van der Waals surface area contributed by atoms with Crippen LogP contribution in [0.2, 0.25) is 5.15 Å². The van der Waals surface area contributed by atoms with E-state index in [4.69, 9.17) is 20.8 Å². The second-order valence-corrected chi connectivity index (χ2v) is 8.71. The number of aromatic nitrogens is 2.